The average molecular weight is 278 g/mol. The molecule has 2 aromatic carbocycles. The molecule has 0 bridgehead atoms. The van der Waals surface area contributed by atoms with Gasteiger partial charge in [-0.25, -0.2) is 4.98 Å². The van der Waals surface area contributed by atoms with Crippen LogP contribution in [0.1, 0.15) is 35.5 Å². The second kappa shape index (κ2) is 4.98. The molecule has 3 aromatic rings. The summed E-state index contributed by atoms with van der Waals surface area (Å²) in [5.41, 5.74) is 10.9. The third-order valence-corrected chi connectivity index (χ3v) is 4.21. The Morgan fingerprint density at radius 2 is 1.86 bits per heavy atom. The molecule has 0 saturated carbocycles. The number of hydrogen-bond acceptors (Lipinski definition) is 3. The van der Waals surface area contributed by atoms with Gasteiger partial charge < -0.3 is 16.0 Å². The van der Waals surface area contributed by atoms with E-state index in [-0.39, 0.29) is 6.04 Å². The van der Waals surface area contributed by atoms with Crippen molar-refractivity contribution in [3.05, 3.63) is 65.5 Å². The lowest BCUT2D eigenvalue weighted by atomic mass is 10.1. The highest BCUT2D eigenvalue weighted by Crippen LogP contribution is 2.36. The molecule has 2 atom stereocenters. The number of nitrogens with one attached hydrogen (secondary N) is 2. The van der Waals surface area contributed by atoms with Crippen LogP contribution in [-0.4, -0.2) is 9.97 Å². The van der Waals surface area contributed by atoms with Crippen LogP contribution in [0.5, 0.6) is 0 Å². The van der Waals surface area contributed by atoms with E-state index in [1.54, 1.807) is 0 Å². The number of imidazole rings is 1. The van der Waals surface area contributed by atoms with Crippen LogP contribution >= 0.6 is 0 Å². The topological polar surface area (TPSA) is 66.7 Å². The van der Waals surface area contributed by atoms with Crippen LogP contribution in [0.2, 0.25) is 0 Å². The van der Waals surface area contributed by atoms with E-state index in [1.807, 2.05) is 24.3 Å². The molecule has 2 unspecified atom stereocenters. The zero-order valence-corrected chi connectivity index (χ0v) is 11.7. The van der Waals surface area contributed by atoms with E-state index < -0.39 is 0 Å². The van der Waals surface area contributed by atoms with Crippen molar-refractivity contribution in [2.24, 2.45) is 5.73 Å². The molecule has 4 nitrogen and oxygen atoms in total. The summed E-state index contributed by atoms with van der Waals surface area (Å²) in [6.45, 7) is 0.723. The summed E-state index contributed by atoms with van der Waals surface area (Å²) in [5, 5.41) is 3.57. The van der Waals surface area contributed by atoms with Gasteiger partial charge in [-0.3, -0.25) is 0 Å². The van der Waals surface area contributed by atoms with Crippen molar-refractivity contribution in [2.45, 2.75) is 25.0 Å². The van der Waals surface area contributed by atoms with Gasteiger partial charge in [0.2, 0.25) is 0 Å². The highest BCUT2D eigenvalue weighted by Gasteiger charge is 2.27. The predicted molar refractivity (Wildman–Crippen MR) is 83.7 cm³/mol. The Hall–Kier alpha value is -2.17. The summed E-state index contributed by atoms with van der Waals surface area (Å²) in [6, 6.07) is 17.0. The fourth-order valence-corrected chi connectivity index (χ4v) is 3.18. The minimum absolute atomic E-state index is 0.134. The Balaban J connectivity index is 1.52. The van der Waals surface area contributed by atoms with Gasteiger partial charge in [0.1, 0.15) is 5.82 Å². The number of H-pyrrole nitrogens is 1. The number of aromatic amines is 1. The summed E-state index contributed by atoms with van der Waals surface area (Å²) < 4.78 is 0. The number of para-hydroxylation sites is 2. The van der Waals surface area contributed by atoms with Crippen molar-refractivity contribution < 1.29 is 0 Å². The third-order valence-electron chi connectivity index (χ3n) is 4.21. The normalized spacial score (nSPS) is 20.8. The monoisotopic (exact) mass is 278 g/mol. The van der Waals surface area contributed by atoms with Crippen LogP contribution in [0.4, 0.5) is 0 Å². The second-order valence-electron chi connectivity index (χ2n) is 5.61. The van der Waals surface area contributed by atoms with E-state index in [9.17, 15) is 0 Å². The van der Waals surface area contributed by atoms with Gasteiger partial charge in [0.05, 0.1) is 17.6 Å². The van der Waals surface area contributed by atoms with Crippen molar-refractivity contribution >= 4 is 11.0 Å². The number of benzene rings is 2. The quantitative estimate of drug-likeness (QED) is 0.690. The van der Waals surface area contributed by atoms with Crippen molar-refractivity contribution in [3.63, 3.8) is 0 Å². The molecular weight excluding hydrogens is 260 g/mol. The van der Waals surface area contributed by atoms with Crippen LogP contribution in [0.15, 0.2) is 48.5 Å². The number of aromatic nitrogens is 2. The molecule has 4 N–H and O–H groups in total. The molecule has 0 radical (unpaired) electrons. The maximum absolute atomic E-state index is 6.20. The summed E-state index contributed by atoms with van der Waals surface area (Å²) >= 11 is 0. The largest absolute Gasteiger partial charge is 0.341 e. The average Bonchev–Trinajstić information content (AvgIpc) is 3.07. The first-order valence-electron chi connectivity index (χ1n) is 7.32. The molecule has 1 aromatic heterocycles. The number of nitrogens with zero attached hydrogens (tertiary/aromatic N) is 1. The van der Waals surface area contributed by atoms with Crippen molar-refractivity contribution in [1.82, 2.24) is 15.3 Å². The Morgan fingerprint density at radius 3 is 2.71 bits per heavy atom. The molecule has 0 fully saturated rings. The minimum atomic E-state index is 0.134. The first kappa shape index (κ1) is 12.6. The predicted octanol–water partition coefficient (Wildman–Crippen LogP) is 2.80. The molecule has 0 aliphatic heterocycles. The van der Waals surface area contributed by atoms with Crippen LogP contribution in [-0.2, 0) is 6.54 Å². The van der Waals surface area contributed by atoms with Gasteiger partial charge in [0.25, 0.3) is 0 Å². The first-order valence-corrected chi connectivity index (χ1v) is 7.32. The van der Waals surface area contributed by atoms with Crippen LogP contribution in [0, 0.1) is 0 Å². The van der Waals surface area contributed by atoms with Gasteiger partial charge >= 0.3 is 0 Å². The van der Waals surface area contributed by atoms with Gasteiger partial charge in [-0.15, -0.1) is 0 Å². The molecule has 0 amide bonds. The van der Waals surface area contributed by atoms with E-state index >= 15 is 0 Å². The van der Waals surface area contributed by atoms with Gasteiger partial charge in [0.15, 0.2) is 0 Å². The summed E-state index contributed by atoms with van der Waals surface area (Å²) in [6.07, 6.45) is 0.944. The third kappa shape index (κ3) is 2.22. The zero-order chi connectivity index (χ0) is 14.2. The lowest BCUT2D eigenvalue weighted by Crippen LogP contribution is -2.20. The standard InChI is InChI=1S/C17H18N4/c18-13-9-16(12-6-2-1-5-11(12)13)19-10-17-20-14-7-3-4-8-15(14)21-17/h1-8,13,16,19H,9-10,18H2,(H,20,21). The summed E-state index contributed by atoms with van der Waals surface area (Å²) in [4.78, 5) is 7.95. The van der Waals surface area contributed by atoms with Gasteiger partial charge in [-0.05, 0) is 29.7 Å². The maximum atomic E-state index is 6.20. The van der Waals surface area contributed by atoms with Crippen molar-refractivity contribution in [1.29, 1.82) is 0 Å². The van der Waals surface area contributed by atoms with Gasteiger partial charge in [-0.2, -0.15) is 0 Å². The highest BCUT2D eigenvalue weighted by atomic mass is 15.0. The molecule has 1 heterocycles. The van der Waals surface area contributed by atoms with Gasteiger partial charge in [0, 0.05) is 12.1 Å². The Morgan fingerprint density at radius 1 is 1.10 bits per heavy atom. The van der Waals surface area contributed by atoms with E-state index in [2.05, 4.69) is 39.6 Å². The molecule has 21 heavy (non-hydrogen) atoms. The molecule has 4 heteroatoms. The van der Waals surface area contributed by atoms with Crippen LogP contribution in [0.25, 0.3) is 11.0 Å². The fourth-order valence-electron chi connectivity index (χ4n) is 3.18. The lowest BCUT2D eigenvalue weighted by Gasteiger charge is -2.12. The Labute approximate surface area is 123 Å². The molecule has 1 aliphatic rings. The summed E-state index contributed by atoms with van der Waals surface area (Å²) in [7, 11) is 0. The Kier molecular flexibility index (Phi) is 2.98. The molecule has 106 valence electrons. The van der Waals surface area contributed by atoms with E-state index in [4.69, 9.17) is 5.73 Å². The summed E-state index contributed by atoms with van der Waals surface area (Å²) in [5.74, 6) is 0.967. The highest BCUT2D eigenvalue weighted by molar-refractivity contribution is 5.74. The van der Waals surface area contributed by atoms with Crippen molar-refractivity contribution in [2.75, 3.05) is 0 Å². The first-order chi connectivity index (χ1) is 10.3. The lowest BCUT2D eigenvalue weighted by molar-refractivity contribution is 0.492. The number of rotatable bonds is 3. The second-order valence-corrected chi connectivity index (χ2v) is 5.61. The molecular formula is C17H18N4. The number of hydrogen-bond donors (Lipinski definition) is 3. The van der Waals surface area contributed by atoms with E-state index in [1.165, 1.54) is 11.1 Å². The molecule has 0 spiro atoms. The van der Waals surface area contributed by atoms with E-state index in [0.29, 0.717) is 6.04 Å². The maximum Gasteiger partial charge on any atom is 0.121 e. The van der Waals surface area contributed by atoms with E-state index in [0.717, 1.165) is 29.8 Å². The molecule has 1 aliphatic carbocycles. The fraction of sp³-hybridized carbons (Fsp3) is 0.235. The van der Waals surface area contributed by atoms with Crippen molar-refractivity contribution in [3.8, 4) is 0 Å². The number of fused-ring (bicyclic) bond motifs is 2. The molecule has 4 rings (SSSR count). The SMILES string of the molecule is NC1CC(NCc2nc3ccccc3[nH]2)c2ccccc21. The van der Waals surface area contributed by atoms with Gasteiger partial charge in [-0.1, -0.05) is 36.4 Å². The van der Waals surface area contributed by atoms with Crippen LogP contribution < -0.4 is 11.1 Å². The van der Waals surface area contributed by atoms with Crippen LogP contribution in [0.3, 0.4) is 0 Å². The minimum Gasteiger partial charge on any atom is -0.341 e. The smallest absolute Gasteiger partial charge is 0.121 e. The zero-order valence-electron chi connectivity index (χ0n) is 11.7. The Bertz CT molecular complexity index is 744. The molecule has 0 saturated heterocycles. The number of nitrogens with two attached hydrogens (primary N) is 1.